The minimum absolute atomic E-state index is 0.0349. The maximum Gasteiger partial charge on any atom is 0.143 e. The van der Waals surface area contributed by atoms with Gasteiger partial charge in [0.05, 0.1) is 0 Å². The summed E-state index contributed by atoms with van der Waals surface area (Å²) in [6, 6.07) is 2.13. The van der Waals surface area contributed by atoms with Gasteiger partial charge in [0, 0.05) is 31.4 Å². The zero-order valence-electron chi connectivity index (χ0n) is 11.3. The number of rotatable bonds is 6. The van der Waals surface area contributed by atoms with Crippen LogP contribution in [0.25, 0.3) is 0 Å². The SMILES string of the molecule is CCN(Cc1cncc(C)c1)CC(C)/C(N)=N/O. The summed E-state index contributed by atoms with van der Waals surface area (Å²) in [4.78, 5) is 6.44. The second-order valence-corrected chi connectivity index (χ2v) is 4.62. The van der Waals surface area contributed by atoms with Crippen molar-refractivity contribution in [3.05, 3.63) is 29.6 Å². The predicted molar refractivity (Wildman–Crippen MR) is 72.5 cm³/mol. The number of hydrogen-bond acceptors (Lipinski definition) is 4. The lowest BCUT2D eigenvalue weighted by Crippen LogP contribution is -2.34. The van der Waals surface area contributed by atoms with Crippen LogP contribution in [0.5, 0.6) is 0 Å². The molecule has 0 saturated heterocycles. The van der Waals surface area contributed by atoms with Crippen molar-refractivity contribution in [2.75, 3.05) is 13.1 Å². The quantitative estimate of drug-likeness (QED) is 0.348. The molecule has 0 aliphatic rings. The number of aryl methyl sites for hydroxylation is 1. The van der Waals surface area contributed by atoms with Crippen LogP contribution in [0.1, 0.15) is 25.0 Å². The van der Waals surface area contributed by atoms with Crippen molar-refractivity contribution in [2.45, 2.75) is 27.3 Å². The minimum Gasteiger partial charge on any atom is -0.409 e. The van der Waals surface area contributed by atoms with Gasteiger partial charge in [0.1, 0.15) is 5.84 Å². The fourth-order valence-electron chi connectivity index (χ4n) is 1.85. The summed E-state index contributed by atoms with van der Waals surface area (Å²) in [7, 11) is 0. The normalized spacial score (nSPS) is 13.9. The lowest BCUT2D eigenvalue weighted by molar-refractivity contribution is 0.257. The molecule has 5 heteroatoms. The van der Waals surface area contributed by atoms with Crippen molar-refractivity contribution in [3.63, 3.8) is 0 Å². The van der Waals surface area contributed by atoms with Gasteiger partial charge >= 0.3 is 0 Å². The smallest absolute Gasteiger partial charge is 0.143 e. The van der Waals surface area contributed by atoms with Gasteiger partial charge in [-0.3, -0.25) is 9.88 Å². The Bertz CT molecular complexity index is 406. The van der Waals surface area contributed by atoms with Crippen molar-refractivity contribution in [2.24, 2.45) is 16.8 Å². The van der Waals surface area contributed by atoms with Gasteiger partial charge < -0.3 is 10.9 Å². The Morgan fingerprint density at radius 2 is 2.28 bits per heavy atom. The van der Waals surface area contributed by atoms with Crippen LogP contribution in [0.2, 0.25) is 0 Å². The molecule has 0 radical (unpaired) electrons. The summed E-state index contributed by atoms with van der Waals surface area (Å²) in [5.41, 5.74) is 7.94. The summed E-state index contributed by atoms with van der Waals surface area (Å²) >= 11 is 0. The zero-order valence-corrected chi connectivity index (χ0v) is 11.3. The molecule has 100 valence electrons. The Hall–Kier alpha value is -1.62. The molecular weight excluding hydrogens is 228 g/mol. The van der Waals surface area contributed by atoms with Crippen LogP contribution in [0, 0.1) is 12.8 Å². The molecule has 0 aliphatic heterocycles. The molecule has 0 saturated carbocycles. The third-order valence-corrected chi connectivity index (χ3v) is 2.94. The molecule has 3 N–H and O–H groups in total. The minimum atomic E-state index is 0.0349. The van der Waals surface area contributed by atoms with Crippen LogP contribution in [0.15, 0.2) is 23.6 Å². The van der Waals surface area contributed by atoms with E-state index in [9.17, 15) is 0 Å². The van der Waals surface area contributed by atoms with Crippen molar-refractivity contribution < 1.29 is 5.21 Å². The third kappa shape index (κ3) is 4.33. The second kappa shape index (κ2) is 6.96. The maximum atomic E-state index is 8.65. The average Bonchev–Trinajstić information content (AvgIpc) is 2.36. The zero-order chi connectivity index (χ0) is 13.5. The lowest BCUT2D eigenvalue weighted by Gasteiger charge is -2.23. The van der Waals surface area contributed by atoms with E-state index in [4.69, 9.17) is 10.9 Å². The molecule has 0 fully saturated rings. The highest BCUT2D eigenvalue weighted by Gasteiger charge is 2.13. The van der Waals surface area contributed by atoms with Gasteiger partial charge in [0.25, 0.3) is 0 Å². The average molecular weight is 250 g/mol. The summed E-state index contributed by atoms with van der Waals surface area (Å²) in [6.45, 7) is 8.59. The van der Waals surface area contributed by atoms with Crippen LogP contribution in [-0.2, 0) is 6.54 Å². The van der Waals surface area contributed by atoms with E-state index in [0.717, 1.165) is 25.2 Å². The molecular formula is C13H22N4O. The first kappa shape index (κ1) is 14.4. The standard InChI is InChI=1S/C13H22N4O/c1-4-17(8-11(3)13(14)16-18)9-12-5-10(2)6-15-7-12/h5-7,11,18H,4,8-9H2,1-3H3,(H2,14,16). The van der Waals surface area contributed by atoms with E-state index in [1.165, 1.54) is 5.56 Å². The molecule has 5 nitrogen and oxygen atoms in total. The Morgan fingerprint density at radius 1 is 1.56 bits per heavy atom. The van der Waals surface area contributed by atoms with Gasteiger partial charge in [-0.2, -0.15) is 0 Å². The first-order chi connectivity index (χ1) is 8.56. The maximum absolute atomic E-state index is 8.65. The predicted octanol–water partition coefficient (Wildman–Crippen LogP) is 1.59. The summed E-state index contributed by atoms with van der Waals surface area (Å²) in [5, 5.41) is 11.7. The van der Waals surface area contributed by atoms with E-state index in [1.54, 1.807) is 0 Å². The molecule has 1 unspecified atom stereocenters. The van der Waals surface area contributed by atoms with Crippen LogP contribution in [-0.4, -0.2) is 34.0 Å². The molecule has 1 heterocycles. The van der Waals surface area contributed by atoms with E-state index in [-0.39, 0.29) is 11.8 Å². The van der Waals surface area contributed by atoms with Crippen LogP contribution in [0.4, 0.5) is 0 Å². The number of nitrogens with zero attached hydrogens (tertiary/aromatic N) is 3. The molecule has 1 rings (SSSR count). The van der Waals surface area contributed by atoms with E-state index < -0.39 is 0 Å². The highest BCUT2D eigenvalue weighted by molar-refractivity contribution is 5.82. The fourth-order valence-corrected chi connectivity index (χ4v) is 1.85. The van der Waals surface area contributed by atoms with E-state index in [2.05, 4.69) is 28.0 Å². The van der Waals surface area contributed by atoms with Gasteiger partial charge in [-0.1, -0.05) is 25.1 Å². The molecule has 0 bridgehead atoms. The highest BCUT2D eigenvalue weighted by atomic mass is 16.4. The molecule has 0 spiro atoms. The van der Waals surface area contributed by atoms with Crippen molar-refractivity contribution in [3.8, 4) is 0 Å². The van der Waals surface area contributed by atoms with Gasteiger partial charge in [-0.15, -0.1) is 0 Å². The summed E-state index contributed by atoms with van der Waals surface area (Å²) in [6.07, 6.45) is 3.72. The van der Waals surface area contributed by atoms with Crippen LogP contribution in [0.3, 0.4) is 0 Å². The number of amidine groups is 1. The Kier molecular flexibility index (Phi) is 5.58. The molecule has 0 aliphatic carbocycles. The van der Waals surface area contributed by atoms with Gasteiger partial charge in [0.15, 0.2) is 0 Å². The molecule has 1 aromatic heterocycles. The number of pyridine rings is 1. The van der Waals surface area contributed by atoms with E-state index in [0.29, 0.717) is 0 Å². The van der Waals surface area contributed by atoms with Crippen molar-refractivity contribution in [1.29, 1.82) is 0 Å². The first-order valence-corrected chi connectivity index (χ1v) is 6.17. The molecule has 18 heavy (non-hydrogen) atoms. The number of hydrogen-bond donors (Lipinski definition) is 2. The summed E-state index contributed by atoms with van der Waals surface area (Å²) in [5.74, 6) is 0.309. The summed E-state index contributed by atoms with van der Waals surface area (Å²) < 4.78 is 0. The highest BCUT2D eigenvalue weighted by Crippen LogP contribution is 2.08. The topological polar surface area (TPSA) is 74.7 Å². The largest absolute Gasteiger partial charge is 0.409 e. The first-order valence-electron chi connectivity index (χ1n) is 6.17. The van der Waals surface area contributed by atoms with Crippen LogP contribution >= 0.6 is 0 Å². The molecule has 0 amide bonds. The molecule has 1 atom stereocenters. The number of nitrogens with two attached hydrogens (primary N) is 1. The third-order valence-electron chi connectivity index (χ3n) is 2.94. The van der Waals surface area contributed by atoms with Gasteiger partial charge in [0.2, 0.25) is 0 Å². The molecule has 1 aromatic rings. The van der Waals surface area contributed by atoms with Crippen molar-refractivity contribution in [1.82, 2.24) is 9.88 Å². The van der Waals surface area contributed by atoms with Gasteiger partial charge in [-0.05, 0) is 24.6 Å². The van der Waals surface area contributed by atoms with E-state index >= 15 is 0 Å². The monoisotopic (exact) mass is 250 g/mol. The second-order valence-electron chi connectivity index (χ2n) is 4.62. The number of oxime groups is 1. The van der Waals surface area contributed by atoms with Crippen molar-refractivity contribution >= 4 is 5.84 Å². The Balaban J connectivity index is 2.62. The lowest BCUT2D eigenvalue weighted by atomic mass is 10.1. The van der Waals surface area contributed by atoms with Gasteiger partial charge in [-0.25, -0.2) is 0 Å². The molecule has 0 aromatic carbocycles. The Labute approximate surface area is 108 Å². The Morgan fingerprint density at radius 3 is 2.83 bits per heavy atom. The van der Waals surface area contributed by atoms with E-state index in [1.807, 2.05) is 26.2 Å². The number of aromatic nitrogens is 1. The fraction of sp³-hybridized carbons (Fsp3) is 0.538. The van der Waals surface area contributed by atoms with Crippen LogP contribution < -0.4 is 5.73 Å².